The number of nitrogens with one attached hydrogen (secondary N) is 1. The van der Waals surface area contributed by atoms with Crippen molar-refractivity contribution in [3.8, 4) is 0 Å². The number of non-ortho nitro benzene ring substituents is 2. The van der Waals surface area contributed by atoms with Crippen LogP contribution in [-0.2, 0) is 4.79 Å². The molecule has 0 aromatic heterocycles. The maximum atomic E-state index is 12.5. The van der Waals surface area contributed by atoms with Crippen molar-refractivity contribution >= 4 is 34.6 Å². The van der Waals surface area contributed by atoms with E-state index in [0.717, 1.165) is 36.7 Å². The number of hydrogen-bond acceptors (Lipinski definition) is 7. The van der Waals surface area contributed by atoms with Crippen LogP contribution in [0.2, 0.25) is 0 Å². The third kappa shape index (κ3) is 6.03. The number of benzene rings is 2. The first-order chi connectivity index (χ1) is 15.8. The Hall–Kier alpha value is -4.02. The third-order valence-corrected chi connectivity index (χ3v) is 5.45. The first-order valence-corrected chi connectivity index (χ1v) is 10.7. The second-order valence-electron chi connectivity index (χ2n) is 7.72. The van der Waals surface area contributed by atoms with Crippen LogP contribution in [0.5, 0.6) is 0 Å². The molecule has 0 spiro atoms. The van der Waals surface area contributed by atoms with Gasteiger partial charge in [-0.25, -0.2) is 0 Å². The van der Waals surface area contributed by atoms with E-state index in [0.29, 0.717) is 38.3 Å². The zero-order valence-electron chi connectivity index (χ0n) is 18.2. The first kappa shape index (κ1) is 23.6. The second-order valence-corrected chi connectivity index (χ2v) is 7.72. The topological polar surface area (TPSA) is 139 Å². The Labute approximate surface area is 190 Å². The highest BCUT2D eigenvalue weighted by Crippen LogP contribution is 2.24. The monoisotopic (exact) mass is 455 g/mol. The molecule has 0 atom stereocenters. The van der Waals surface area contributed by atoms with Gasteiger partial charge in [0.1, 0.15) is 0 Å². The molecule has 0 bridgehead atoms. The molecule has 0 unspecified atom stereocenters. The molecule has 2 aromatic carbocycles. The lowest BCUT2D eigenvalue weighted by Gasteiger charge is -2.36. The van der Waals surface area contributed by atoms with E-state index < -0.39 is 27.1 Å². The van der Waals surface area contributed by atoms with Crippen molar-refractivity contribution in [1.29, 1.82) is 0 Å². The molecule has 1 N–H and O–H groups in total. The lowest BCUT2D eigenvalue weighted by molar-refractivity contribution is -0.394. The van der Waals surface area contributed by atoms with Gasteiger partial charge < -0.3 is 15.1 Å². The maximum Gasteiger partial charge on any atom is 0.277 e. The van der Waals surface area contributed by atoms with Crippen LogP contribution >= 0.6 is 0 Å². The normalized spacial score (nSPS) is 13.5. The Morgan fingerprint density at radius 2 is 1.52 bits per heavy atom. The van der Waals surface area contributed by atoms with Crippen molar-refractivity contribution in [2.45, 2.75) is 26.2 Å². The van der Waals surface area contributed by atoms with Gasteiger partial charge in [0.2, 0.25) is 5.91 Å². The number of carbonyl (C=O) groups is 2. The van der Waals surface area contributed by atoms with Crippen LogP contribution in [-0.4, -0.2) is 52.7 Å². The Kier molecular flexibility index (Phi) is 7.54. The quantitative estimate of drug-likeness (QED) is 0.474. The summed E-state index contributed by atoms with van der Waals surface area (Å²) in [6.07, 6.45) is 2.47. The fraction of sp³-hybridized carbons (Fsp3) is 0.364. The minimum absolute atomic E-state index is 0.177. The molecule has 0 radical (unpaired) electrons. The molecule has 174 valence electrons. The van der Waals surface area contributed by atoms with E-state index in [2.05, 4.69) is 17.1 Å². The fourth-order valence-electron chi connectivity index (χ4n) is 3.60. The average Bonchev–Trinajstić information content (AvgIpc) is 2.82. The molecule has 1 fully saturated rings. The summed E-state index contributed by atoms with van der Waals surface area (Å²) in [5, 5.41) is 24.7. The van der Waals surface area contributed by atoms with Gasteiger partial charge in [-0.15, -0.1) is 0 Å². The number of anilines is 2. The van der Waals surface area contributed by atoms with E-state index in [1.165, 1.54) is 0 Å². The minimum Gasteiger partial charge on any atom is -0.368 e. The molecule has 0 saturated carbocycles. The summed E-state index contributed by atoms with van der Waals surface area (Å²) in [5.74, 6) is -0.496. The second kappa shape index (κ2) is 10.5. The number of nitrogens with zero attached hydrogens (tertiary/aromatic N) is 4. The van der Waals surface area contributed by atoms with Gasteiger partial charge in [-0.05, 0) is 30.7 Å². The minimum atomic E-state index is -0.782. The van der Waals surface area contributed by atoms with Crippen LogP contribution in [0.25, 0.3) is 0 Å². The molecule has 2 aromatic rings. The van der Waals surface area contributed by atoms with Crippen LogP contribution in [0.15, 0.2) is 42.5 Å². The Bertz CT molecular complexity index is 1020. The van der Waals surface area contributed by atoms with Crippen LogP contribution in [0.1, 0.15) is 36.5 Å². The third-order valence-electron chi connectivity index (χ3n) is 5.45. The van der Waals surface area contributed by atoms with E-state index in [1.54, 1.807) is 12.1 Å². The summed E-state index contributed by atoms with van der Waals surface area (Å²) in [6, 6.07) is 9.86. The standard InChI is InChI=1S/C22H25N5O6/c1-2-3-4-21(28)25-11-9-24(10-12-25)18-7-5-17(6-8-18)23-22(29)16-13-19(26(30)31)15-20(14-16)27(32)33/h5-8,13-15H,2-4,9-12H2,1H3,(H,23,29). The highest BCUT2D eigenvalue weighted by Gasteiger charge is 2.22. The highest BCUT2D eigenvalue weighted by molar-refractivity contribution is 6.05. The van der Waals surface area contributed by atoms with Crippen molar-refractivity contribution in [1.82, 2.24) is 4.90 Å². The van der Waals surface area contributed by atoms with Crippen LogP contribution < -0.4 is 10.2 Å². The van der Waals surface area contributed by atoms with E-state index in [-0.39, 0.29) is 11.5 Å². The predicted molar refractivity (Wildman–Crippen MR) is 122 cm³/mol. The average molecular weight is 455 g/mol. The number of hydrogen-bond donors (Lipinski definition) is 1. The number of amides is 2. The van der Waals surface area contributed by atoms with E-state index in [9.17, 15) is 29.8 Å². The molecular weight excluding hydrogens is 430 g/mol. The Morgan fingerprint density at radius 1 is 0.939 bits per heavy atom. The van der Waals surface area contributed by atoms with Gasteiger partial charge in [0.05, 0.1) is 21.5 Å². The highest BCUT2D eigenvalue weighted by atomic mass is 16.6. The molecule has 33 heavy (non-hydrogen) atoms. The van der Waals surface area contributed by atoms with Crippen LogP contribution in [0.4, 0.5) is 22.7 Å². The zero-order chi connectivity index (χ0) is 24.0. The fourth-order valence-corrected chi connectivity index (χ4v) is 3.60. The molecule has 2 amide bonds. The zero-order valence-corrected chi connectivity index (χ0v) is 18.2. The molecule has 1 heterocycles. The summed E-state index contributed by atoms with van der Waals surface area (Å²) in [6.45, 7) is 4.80. The van der Waals surface area contributed by atoms with Crippen molar-refractivity contribution in [2.75, 3.05) is 36.4 Å². The van der Waals surface area contributed by atoms with Gasteiger partial charge in [0.15, 0.2) is 0 Å². The van der Waals surface area contributed by atoms with Gasteiger partial charge in [-0.2, -0.15) is 0 Å². The van der Waals surface area contributed by atoms with Gasteiger partial charge >= 0.3 is 0 Å². The molecular formula is C22H25N5O6. The molecule has 11 heteroatoms. The number of nitro groups is 2. The van der Waals surface area contributed by atoms with E-state index >= 15 is 0 Å². The molecule has 1 saturated heterocycles. The molecule has 3 rings (SSSR count). The van der Waals surface area contributed by atoms with Crippen LogP contribution in [0, 0.1) is 20.2 Å². The number of carbonyl (C=O) groups excluding carboxylic acids is 2. The number of unbranched alkanes of at least 4 members (excludes halogenated alkanes) is 1. The molecule has 11 nitrogen and oxygen atoms in total. The predicted octanol–water partition coefficient (Wildman–Crippen LogP) is 3.59. The van der Waals surface area contributed by atoms with Gasteiger partial charge in [0, 0.05) is 56.1 Å². The lowest BCUT2D eigenvalue weighted by atomic mass is 10.1. The van der Waals surface area contributed by atoms with Crippen molar-refractivity contribution in [3.05, 3.63) is 68.3 Å². The summed E-state index contributed by atoms with van der Waals surface area (Å²) in [7, 11) is 0. The van der Waals surface area contributed by atoms with Crippen LogP contribution in [0.3, 0.4) is 0 Å². The molecule has 1 aliphatic rings. The summed E-state index contributed by atoms with van der Waals surface area (Å²) in [4.78, 5) is 49.2. The van der Waals surface area contributed by atoms with Gasteiger partial charge in [-0.1, -0.05) is 13.3 Å². The van der Waals surface area contributed by atoms with E-state index in [4.69, 9.17) is 0 Å². The smallest absolute Gasteiger partial charge is 0.277 e. The molecule has 1 aliphatic heterocycles. The first-order valence-electron chi connectivity index (χ1n) is 10.7. The number of nitro benzene ring substituents is 2. The van der Waals surface area contributed by atoms with Crippen molar-refractivity contribution in [2.24, 2.45) is 0 Å². The Balaban J connectivity index is 1.62. The SMILES string of the molecule is CCCCC(=O)N1CCN(c2ccc(NC(=O)c3cc([N+](=O)[O-])cc([N+](=O)[O-])c3)cc2)CC1. The summed E-state index contributed by atoms with van der Waals surface area (Å²) in [5.41, 5.74) is 0.156. The van der Waals surface area contributed by atoms with Crippen molar-refractivity contribution in [3.63, 3.8) is 0 Å². The largest absolute Gasteiger partial charge is 0.368 e. The van der Waals surface area contributed by atoms with Gasteiger partial charge in [0.25, 0.3) is 17.3 Å². The van der Waals surface area contributed by atoms with E-state index in [1.807, 2.05) is 17.0 Å². The summed E-state index contributed by atoms with van der Waals surface area (Å²) < 4.78 is 0. The maximum absolute atomic E-state index is 12.5. The van der Waals surface area contributed by atoms with Crippen molar-refractivity contribution < 1.29 is 19.4 Å². The number of rotatable bonds is 8. The summed E-state index contributed by atoms with van der Waals surface area (Å²) >= 11 is 0. The Morgan fingerprint density at radius 3 is 2.03 bits per heavy atom. The van der Waals surface area contributed by atoms with Gasteiger partial charge in [-0.3, -0.25) is 29.8 Å². The number of piperazine rings is 1. The molecule has 0 aliphatic carbocycles. The lowest BCUT2D eigenvalue weighted by Crippen LogP contribution is -2.48.